The second-order valence-electron chi connectivity index (χ2n) is 6.64. The van der Waals surface area contributed by atoms with Crippen LogP contribution < -0.4 is 19.5 Å². The summed E-state index contributed by atoms with van der Waals surface area (Å²) < 4.78 is 17.4. The Morgan fingerprint density at radius 3 is 2.41 bits per heavy atom. The molecule has 0 unspecified atom stereocenters. The van der Waals surface area contributed by atoms with Gasteiger partial charge >= 0.3 is 0 Å². The summed E-state index contributed by atoms with van der Waals surface area (Å²) in [6.45, 7) is 0. The molecule has 0 radical (unpaired) electrons. The molecule has 10 heteroatoms. The number of hydrogen-bond acceptors (Lipinski definition) is 8. The van der Waals surface area contributed by atoms with E-state index in [-0.39, 0.29) is 11.7 Å². The molecule has 2 heterocycles. The molecule has 0 aliphatic carbocycles. The van der Waals surface area contributed by atoms with E-state index in [9.17, 15) is 4.79 Å². The van der Waals surface area contributed by atoms with E-state index in [1.165, 1.54) is 11.8 Å². The molecule has 164 valence electrons. The molecule has 32 heavy (non-hydrogen) atoms. The summed E-state index contributed by atoms with van der Waals surface area (Å²) in [6, 6.07) is 16.5. The van der Waals surface area contributed by atoms with E-state index in [2.05, 4.69) is 20.6 Å². The maximum absolute atomic E-state index is 12.5. The summed E-state index contributed by atoms with van der Waals surface area (Å²) in [4.78, 5) is 12.5. The van der Waals surface area contributed by atoms with Crippen molar-refractivity contribution in [1.29, 1.82) is 0 Å². The molecule has 1 amide bonds. The smallest absolute Gasteiger partial charge is 0.234 e. The van der Waals surface area contributed by atoms with Gasteiger partial charge < -0.3 is 19.5 Å². The Kier molecular flexibility index (Phi) is 6.41. The van der Waals surface area contributed by atoms with Gasteiger partial charge in [-0.1, -0.05) is 23.9 Å². The number of amides is 1. The van der Waals surface area contributed by atoms with E-state index in [0.717, 1.165) is 17.0 Å². The first-order valence-electron chi connectivity index (χ1n) is 9.62. The van der Waals surface area contributed by atoms with Gasteiger partial charge in [-0.15, -0.1) is 10.2 Å². The third kappa shape index (κ3) is 4.75. The lowest BCUT2D eigenvalue weighted by Crippen LogP contribution is -2.14. The van der Waals surface area contributed by atoms with Crippen LogP contribution in [-0.4, -0.2) is 52.8 Å². The molecule has 4 aromatic rings. The molecule has 0 atom stereocenters. The van der Waals surface area contributed by atoms with Gasteiger partial charge in [0.15, 0.2) is 5.65 Å². The first kappa shape index (κ1) is 21.4. The molecule has 0 aliphatic heterocycles. The van der Waals surface area contributed by atoms with Crippen LogP contribution >= 0.6 is 11.8 Å². The van der Waals surface area contributed by atoms with Crippen LogP contribution in [0.4, 0.5) is 5.69 Å². The van der Waals surface area contributed by atoms with Crippen LogP contribution in [0.15, 0.2) is 59.8 Å². The number of benzene rings is 2. The lowest BCUT2D eigenvalue weighted by Gasteiger charge is -2.09. The zero-order chi connectivity index (χ0) is 22.5. The van der Waals surface area contributed by atoms with Gasteiger partial charge in [-0.3, -0.25) is 4.79 Å². The number of carbonyl (C=O) groups excluding carboxylic acids is 1. The monoisotopic (exact) mass is 451 g/mol. The first-order chi connectivity index (χ1) is 15.6. The number of aromatic nitrogens is 4. The highest BCUT2D eigenvalue weighted by atomic mass is 32.2. The molecular formula is C22H21N5O4S. The molecule has 1 N–H and O–H groups in total. The van der Waals surface area contributed by atoms with E-state index in [4.69, 9.17) is 14.2 Å². The molecular weight excluding hydrogens is 430 g/mol. The number of hydrogen-bond donors (Lipinski definition) is 1. The van der Waals surface area contributed by atoms with E-state index < -0.39 is 0 Å². The Balaban J connectivity index is 1.49. The van der Waals surface area contributed by atoms with Gasteiger partial charge in [-0.25, -0.2) is 0 Å². The normalized spacial score (nSPS) is 10.7. The fourth-order valence-electron chi connectivity index (χ4n) is 3.00. The second-order valence-corrected chi connectivity index (χ2v) is 7.58. The van der Waals surface area contributed by atoms with Crippen molar-refractivity contribution in [3.8, 4) is 28.5 Å². The number of methoxy groups -OCH3 is 3. The lowest BCUT2D eigenvalue weighted by molar-refractivity contribution is -0.113. The maximum atomic E-state index is 12.5. The summed E-state index contributed by atoms with van der Waals surface area (Å²) in [6.07, 6.45) is 0. The summed E-state index contributed by atoms with van der Waals surface area (Å²) in [5.41, 5.74) is 2.82. The van der Waals surface area contributed by atoms with Crippen LogP contribution in [0.2, 0.25) is 0 Å². The van der Waals surface area contributed by atoms with Gasteiger partial charge in [0.2, 0.25) is 11.1 Å². The Hall–Kier alpha value is -3.79. The van der Waals surface area contributed by atoms with E-state index >= 15 is 0 Å². The largest absolute Gasteiger partial charge is 0.497 e. The summed E-state index contributed by atoms with van der Waals surface area (Å²) >= 11 is 1.24. The lowest BCUT2D eigenvalue weighted by atomic mass is 10.1. The third-order valence-corrected chi connectivity index (χ3v) is 5.49. The summed E-state index contributed by atoms with van der Waals surface area (Å²) in [5, 5.41) is 16.3. The molecule has 0 saturated carbocycles. The van der Waals surface area contributed by atoms with Crippen LogP contribution in [0.5, 0.6) is 17.2 Å². The molecule has 0 bridgehead atoms. The average Bonchev–Trinajstić information content (AvgIpc) is 3.24. The Morgan fingerprint density at radius 2 is 1.69 bits per heavy atom. The van der Waals surface area contributed by atoms with Gasteiger partial charge in [0.25, 0.3) is 0 Å². The number of ether oxygens (including phenoxy) is 3. The number of thioether (sulfide) groups is 1. The third-order valence-electron chi connectivity index (χ3n) is 4.57. The van der Waals surface area contributed by atoms with Crippen molar-refractivity contribution in [2.75, 3.05) is 32.4 Å². The predicted molar refractivity (Wildman–Crippen MR) is 122 cm³/mol. The fourth-order valence-corrected chi connectivity index (χ4v) is 3.69. The van der Waals surface area contributed by atoms with E-state index in [0.29, 0.717) is 28.0 Å². The first-order valence-corrected chi connectivity index (χ1v) is 10.6. The van der Waals surface area contributed by atoms with Crippen LogP contribution in [0, 0.1) is 0 Å². The van der Waals surface area contributed by atoms with Crippen LogP contribution in [0.3, 0.4) is 0 Å². The van der Waals surface area contributed by atoms with Gasteiger partial charge in [0, 0.05) is 29.4 Å². The van der Waals surface area contributed by atoms with Gasteiger partial charge in [0.1, 0.15) is 17.2 Å². The fraction of sp³-hybridized carbons (Fsp3) is 0.182. The van der Waals surface area contributed by atoms with Crippen molar-refractivity contribution in [2.24, 2.45) is 0 Å². The minimum absolute atomic E-state index is 0.130. The highest BCUT2D eigenvalue weighted by Gasteiger charge is 2.13. The van der Waals surface area contributed by atoms with Gasteiger partial charge in [-0.2, -0.15) is 9.61 Å². The highest BCUT2D eigenvalue weighted by Crippen LogP contribution is 2.27. The average molecular weight is 452 g/mol. The molecule has 2 aromatic heterocycles. The number of nitrogens with zero attached hydrogens (tertiary/aromatic N) is 4. The maximum Gasteiger partial charge on any atom is 0.234 e. The highest BCUT2D eigenvalue weighted by molar-refractivity contribution is 7.99. The molecule has 2 aromatic carbocycles. The number of rotatable bonds is 8. The minimum Gasteiger partial charge on any atom is -0.497 e. The molecule has 4 rings (SSSR count). The zero-order valence-corrected chi connectivity index (χ0v) is 18.5. The number of anilines is 1. The van der Waals surface area contributed by atoms with Crippen molar-refractivity contribution in [3.05, 3.63) is 54.6 Å². The molecule has 0 spiro atoms. The zero-order valence-electron chi connectivity index (χ0n) is 17.7. The molecule has 0 aliphatic rings. The van der Waals surface area contributed by atoms with Crippen molar-refractivity contribution in [1.82, 2.24) is 19.8 Å². The summed E-state index contributed by atoms with van der Waals surface area (Å²) in [5.74, 6) is 1.85. The summed E-state index contributed by atoms with van der Waals surface area (Å²) in [7, 11) is 4.73. The molecule has 9 nitrogen and oxygen atoms in total. The van der Waals surface area contributed by atoms with Crippen molar-refractivity contribution in [3.63, 3.8) is 0 Å². The topological polar surface area (TPSA) is 99.9 Å². The van der Waals surface area contributed by atoms with Crippen LogP contribution in [0.25, 0.3) is 16.9 Å². The van der Waals surface area contributed by atoms with Gasteiger partial charge in [0.05, 0.1) is 32.8 Å². The van der Waals surface area contributed by atoms with Crippen LogP contribution in [-0.2, 0) is 4.79 Å². The Bertz CT molecular complexity index is 1240. The van der Waals surface area contributed by atoms with Crippen molar-refractivity contribution in [2.45, 2.75) is 5.16 Å². The Labute approximate surface area is 188 Å². The van der Waals surface area contributed by atoms with Crippen molar-refractivity contribution < 1.29 is 19.0 Å². The Morgan fingerprint density at radius 1 is 0.938 bits per heavy atom. The SMILES string of the molecule is COc1cc(NC(=O)CSc2nnc3ccc(-c4cccc(OC)c4)nn23)cc(OC)c1. The minimum atomic E-state index is -0.203. The van der Waals surface area contributed by atoms with Crippen LogP contribution in [0.1, 0.15) is 0 Å². The molecule has 0 fully saturated rings. The van der Waals surface area contributed by atoms with E-state index in [1.54, 1.807) is 44.0 Å². The quantitative estimate of drug-likeness (QED) is 0.406. The molecule has 0 saturated heterocycles. The van der Waals surface area contributed by atoms with E-state index in [1.807, 2.05) is 36.4 Å². The second kappa shape index (κ2) is 9.56. The number of fused-ring (bicyclic) bond motifs is 1. The number of nitrogens with one attached hydrogen (secondary N) is 1. The van der Waals surface area contributed by atoms with Crippen molar-refractivity contribution >= 4 is 29.0 Å². The number of carbonyl (C=O) groups is 1. The standard InChI is InChI=1S/C22H21N5O4S/c1-29-16-6-4-5-14(9-16)19-7-8-20-24-25-22(27(20)26-19)32-13-21(28)23-15-10-17(30-2)12-18(11-15)31-3/h4-12H,13H2,1-3H3,(H,23,28). The predicted octanol–water partition coefficient (Wildman–Crippen LogP) is 3.55. The van der Waals surface area contributed by atoms with Gasteiger partial charge in [-0.05, 0) is 24.3 Å².